The van der Waals surface area contributed by atoms with Gasteiger partial charge >= 0.3 is 0 Å². The Morgan fingerprint density at radius 2 is 1.82 bits per heavy atom. The third-order valence-electron chi connectivity index (χ3n) is 0.940. The van der Waals surface area contributed by atoms with Gasteiger partial charge in [0.2, 0.25) is 0 Å². The SMILES string of the molecule is CC#N.NNc1ccccc1. The fourth-order valence-corrected chi connectivity index (χ4v) is 0.534. The first kappa shape index (κ1) is 9.47. The largest absolute Gasteiger partial charge is 0.324 e. The molecule has 58 valence electrons. The summed E-state index contributed by atoms with van der Waals surface area (Å²) in [6.07, 6.45) is 0. The molecule has 1 aromatic carbocycles. The van der Waals surface area contributed by atoms with Gasteiger partial charge in [-0.1, -0.05) is 18.2 Å². The average Bonchev–Trinajstić information content (AvgIpc) is 2.08. The van der Waals surface area contributed by atoms with E-state index >= 15 is 0 Å². The Hall–Kier alpha value is -1.53. The van der Waals surface area contributed by atoms with E-state index in [1.165, 1.54) is 6.92 Å². The van der Waals surface area contributed by atoms with E-state index in [4.69, 9.17) is 11.1 Å². The molecular formula is C8H11N3. The molecule has 0 fully saturated rings. The Morgan fingerprint density at radius 3 is 2.09 bits per heavy atom. The number of rotatable bonds is 1. The summed E-state index contributed by atoms with van der Waals surface area (Å²) in [5, 5.41) is 7.32. The van der Waals surface area contributed by atoms with Crippen LogP contribution in [0.3, 0.4) is 0 Å². The van der Waals surface area contributed by atoms with Crippen LogP contribution in [0.2, 0.25) is 0 Å². The maximum absolute atomic E-state index is 7.32. The van der Waals surface area contributed by atoms with Crippen molar-refractivity contribution in [2.45, 2.75) is 6.92 Å². The maximum atomic E-state index is 7.32. The lowest BCUT2D eigenvalue weighted by atomic mass is 10.3. The van der Waals surface area contributed by atoms with Gasteiger partial charge in [-0.3, -0.25) is 5.84 Å². The van der Waals surface area contributed by atoms with Gasteiger partial charge in [0.1, 0.15) is 0 Å². The van der Waals surface area contributed by atoms with Gasteiger partial charge in [0.15, 0.2) is 0 Å². The number of anilines is 1. The highest BCUT2D eigenvalue weighted by molar-refractivity contribution is 5.40. The third kappa shape index (κ3) is 4.94. The number of hydrogen-bond donors (Lipinski definition) is 2. The van der Waals surface area contributed by atoms with Crippen LogP contribution in [0.25, 0.3) is 0 Å². The van der Waals surface area contributed by atoms with Gasteiger partial charge in [-0.25, -0.2) is 0 Å². The second-order valence-corrected chi connectivity index (χ2v) is 1.73. The number of hydrazine groups is 1. The van der Waals surface area contributed by atoms with Crippen LogP contribution in [0, 0.1) is 11.3 Å². The van der Waals surface area contributed by atoms with Crippen LogP contribution in [0.1, 0.15) is 6.92 Å². The normalized spacial score (nSPS) is 7.00. The highest BCUT2D eigenvalue weighted by atomic mass is 15.2. The van der Waals surface area contributed by atoms with E-state index in [-0.39, 0.29) is 0 Å². The molecule has 0 bridgehead atoms. The highest BCUT2D eigenvalue weighted by Crippen LogP contribution is 2.00. The van der Waals surface area contributed by atoms with Crippen molar-refractivity contribution in [3.8, 4) is 6.07 Å². The lowest BCUT2D eigenvalue weighted by molar-refractivity contribution is 1.35. The molecule has 0 aliphatic rings. The summed E-state index contributed by atoms with van der Waals surface area (Å²) in [5.41, 5.74) is 3.46. The number of benzene rings is 1. The minimum absolute atomic E-state index is 0.938. The molecule has 0 saturated heterocycles. The number of nitrogen functional groups attached to an aromatic ring is 1. The predicted octanol–water partition coefficient (Wildman–Crippen LogP) is 1.50. The molecule has 0 spiro atoms. The van der Waals surface area contributed by atoms with Crippen molar-refractivity contribution < 1.29 is 0 Å². The fraction of sp³-hybridized carbons (Fsp3) is 0.125. The smallest absolute Gasteiger partial charge is 0.0587 e. The Balaban J connectivity index is 0.000000292. The van der Waals surface area contributed by atoms with E-state index in [9.17, 15) is 0 Å². The number of nitrogens with zero attached hydrogens (tertiary/aromatic N) is 1. The number of nitrogens with two attached hydrogens (primary N) is 1. The predicted molar refractivity (Wildman–Crippen MR) is 45.5 cm³/mol. The van der Waals surface area contributed by atoms with Crippen LogP contribution in [0.15, 0.2) is 30.3 Å². The van der Waals surface area contributed by atoms with Crippen molar-refractivity contribution in [1.82, 2.24) is 0 Å². The van der Waals surface area contributed by atoms with Crippen LogP contribution < -0.4 is 11.3 Å². The van der Waals surface area contributed by atoms with Gasteiger partial charge in [0, 0.05) is 12.6 Å². The minimum atomic E-state index is 0.938. The van der Waals surface area contributed by atoms with Gasteiger partial charge < -0.3 is 5.43 Å². The number of para-hydroxylation sites is 1. The molecule has 0 radical (unpaired) electrons. The lowest BCUT2D eigenvalue weighted by Crippen LogP contribution is -2.05. The molecule has 0 unspecified atom stereocenters. The minimum Gasteiger partial charge on any atom is -0.324 e. The van der Waals surface area contributed by atoms with E-state index in [1.807, 2.05) is 30.3 Å². The molecule has 3 N–H and O–H groups in total. The molecule has 0 aliphatic carbocycles. The average molecular weight is 149 g/mol. The molecule has 0 aromatic heterocycles. The fourth-order valence-electron chi connectivity index (χ4n) is 0.534. The molecule has 0 atom stereocenters. The van der Waals surface area contributed by atoms with Crippen molar-refractivity contribution in [2.24, 2.45) is 5.84 Å². The molecular weight excluding hydrogens is 138 g/mol. The Morgan fingerprint density at radius 1 is 1.36 bits per heavy atom. The standard InChI is InChI=1S/C6H8N2.C2H3N/c7-8-6-4-2-1-3-5-6;1-2-3/h1-5,8H,7H2;1H3. The van der Waals surface area contributed by atoms with Crippen LogP contribution in [0.4, 0.5) is 5.69 Å². The van der Waals surface area contributed by atoms with Gasteiger partial charge in [-0.2, -0.15) is 5.26 Å². The van der Waals surface area contributed by atoms with Crippen molar-refractivity contribution in [3.63, 3.8) is 0 Å². The summed E-state index contributed by atoms with van der Waals surface area (Å²) in [5.74, 6) is 5.10. The molecule has 0 saturated carbocycles. The summed E-state index contributed by atoms with van der Waals surface area (Å²) in [6, 6.07) is 11.4. The van der Waals surface area contributed by atoms with E-state index in [0.717, 1.165) is 5.69 Å². The molecule has 0 heterocycles. The zero-order valence-electron chi connectivity index (χ0n) is 6.41. The Kier molecular flexibility index (Phi) is 5.67. The van der Waals surface area contributed by atoms with E-state index < -0.39 is 0 Å². The van der Waals surface area contributed by atoms with E-state index in [2.05, 4.69) is 5.43 Å². The van der Waals surface area contributed by atoms with Crippen LogP contribution in [0.5, 0.6) is 0 Å². The second kappa shape index (κ2) is 6.59. The topological polar surface area (TPSA) is 61.8 Å². The van der Waals surface area contributed by atoms with Crippen LogP contribution in [-0.4, -0.2) is 0 Å². The molecule has 11 heavy (non-hydrogen) atoms. The first-order chi connectivity index (χ1) is 5.35. The third-order valence-corrected chi connectivity index (χ3v) is 0.940. The number of hydrogen-bond acceptors (Lipinski definition) is 3. The van der Waals surface area contributed by atoms with Crippen LogP contribution >= 0.6 is 0 Å². The van der Waals surface area contributed by atoms with E-state index in [0.29, 0.717) is 0 Å². The summed E-state index contributed by atoms with van der Waals surface area (Å²) in [6.45, 7) is 1.43. The summed E-state index contributed by atoms with van der Waals surface area (Å²) in [4.78, 5) is 0. The first-order valence-corrected chi connectivity index (χ1v) is 3.17. The van der Waals surface area contributed by atoms with Gasteiger partial charge in [-0.05, 0) is 12.1 Å². The summed E-state index contributed by atoms with van der Waals surface area (Å²) < 4.78 is 0. The molecule has 1 rings (SSSR count). The zero-order valence-corrected chi connectivity index (χ0v) is 6.41. The summed E-state index contributed by atoms with van der Waals surface area (Å²) >= 11 is 0. The zero-order chi connectivity index (χ0) is 8.53. The quantitative estimate of drug-likeness (QED) is 0.470. The van der Waals surface area contributed by atoms with Gasteiger partial charge in [0.25, 0.3) is 0 Å². The molecule has 3 nitrogen and oxygen atoms in total. The highest BCUT2D eigenvalue weighted by Gasteiger charge is 1.78. The van der Waals surface area contributed by atoms with Crippen molar-refractivity contribution in [3.05, 3.63) is 30.3 Å². The monoisotopic (exact) mass is 149 g/mol. The molecule has 3 heteroatoms. The van der Waals surface area contributed by atoms with Crippen LogP contribution in [-0.2, 0) is 0 Å². The maximum Gasteiger partial charge on any atom is 0.0587 e. The molecule has 0 amide bonds. The summed E-state index contributed by atoms with van der Waals surface area (Å²) in [7, 11) is 0. The Labute approximate surface area is 66.4 Å². The van der Waals surface area contributed by atoms with Gasteiger partial charge in [-0.15, -0.1) is 0 Å². The van der Waals surface area contributed by atoms with Crippen molar-refractivity contribution in [1.29, 1.82) is 5.26 Å². The van der Waals surface area contributed by atoms with Crippen molar-refractivity contribution in [2.75, 3.05) is 5.43 Å². The first-order valence-electron chi connectivity index (χ1n) is 3.17. The Bertz CT molecular complexity index is 213. The van der Waals surface area contributed by atoms with Gasteiger partial charge in [0.05, 0.1) is 6.07 Å². The number of nitriles is 1. The van der Waals surface area contributed by atoms with E-state index in [1.54, 1.807) is 6.07 Å². The lowest BCUT2D eigenvalue weighted by Gasteiger charge is -1.94. The number of nitrogens with one attached hydrogen (secondary N) is 1. The second-order valence-electron chi connectivity index (χ2n) is 1.73. The molecule has 0 aliphatic heterocycles. The molecule has 1 aromatic rings. The van der Waals surface area contributed by atoms with Crippen molar-refractivity contribution >= 4 is 5.69 Å².